The van der Waals surface area contributed by atoms with E-state index in [2.05, 4.69) is 0 Å². The second-order valence-corrected chi connectivity index (χ2v) is 7.07. The molecule has 0 aromatic heterocycles. The van der Waals surface area contributed by atoms with Crippen molar-refractivity contribution in [3.8, 4) is 28.4 Å². The zero-order valence-electron chi connectivity index (χ0n) is 17.7. The molecule has 0 atom stereocenters. The van der Waals surface area contributed by atoms with E-state index in [4.69, 9.17) is 4.74 Å². The number of benzene rings is 3. The van der Waals surface area contributed by atoms with E-state index in [0.717, 1.165) is 16.7 Å². The van der Waals surface area contributed by atoms with Crippen molar-refractivity contribution in [3.63, 3.8) is 0 Å². The van der Waals surface area contributed by atoms with E-state index >= 15 is 0 Å². The summed E-state index contributed by atoms with van der Waals surface area (Å²) < 4.78 is 5.71. The van der Waals surface area contributed by atoms with Crippen LogP contribution in [0, 0.1) is 0 Å². The van der Waals surface area contributed by atoms with Gasteiger partial charge in [0.05, 0.1) is 13.0 Å². The molecule has 0 aliphatic carbocycles. The number of phenolic OH excluding ortho intramolecular Hbond substituents is 2. The zero-order valence-corrected chi connectivity index (χ0v) is 17.7. The van der Waals surface area contributed by atoms with Gasteiger partial charge in [0.2, 0.25) is 0 Å². The summed E-state index contributed by atoms with van der Waals surface area (Å²) in [6.07, 6.45) is 5.60. The number of hydrogen-bond acceptors (Lipinski definition) is 5. The molecule has 0 heterocycles. The van der Waals surface area contributed by atoms with Crippen LogP contribution in [0.25, 0.3) is 23.3 Å². The molecule has 0 radical (unpaired) electrons. The molecule has 5 heteroatoms. The second kappa shape index (κ2) is 10.8. The lowest BCUT2D eigenvalue weighted by molar-refractivity contribution is -0.121. The van der Waals surface area contributed by atoms with Gasteiger partial charge in [-0.25, -0.2) is 0 Å². The van der Waals surface area contributed by atoms with Crippen molar-refractivity contribution >= 4 is 23.7 Å². The topological polar surface area (TPSA) is 83.8 Å². The monoisotopic (exact) mass is 428 g/mol. The molecule has 0 bridgehead atoms. The fraction of sp³-hybridized carbons (Fsp3) is 0.111. The van der Waals surface area contributed by atoms with Gasteiger partial charge in [-0.1, -0.05) is 42.5 Å². The van der Waals surface area contributed by atoms with E-state index in [0.29, 0.717) is 17.9 Å². The molecule has 3 aromatic rings. The van der Waals surface area contributed by atoms with Crippen molar-refractivity contribution in [3.05, 3.63) is 90.0 Å². The molecule has 0 unspecified atom stereocenters. The van der Waals surface area contributed by atoms with Crippen LogP contribution in [0.15, 0.2) is 78.9 Å². The van der Waals surface area contributed by atoms with Gasteiger partial charge in [-0.15, -0.1) is 0 Å². The van der Waals surface area contributed by atoms with E-state index in [1.54, 1.807) is 42.5 Å². The van der Waals surface area contributed by atoms with Crippen molar-refractivity contribution in [2.24, 2.45) is 0 Å². The number of carbonyl (C=O) groups excluding carboxylic acids is 2. The van der Waals surface area contributed by atoms with E-state index in [9.17, 15) is 19.8 Å². The number of ketones is 2. The van der Waals surface area contributed by atoms with Gasteiger partial charge in [0.15, 0.2) is 11.6 Å². The Morgan fingerprint density at radius 3 is 2.19 bits per heavy atom. The molecule has 3 aromatic carbocycles. The third-order valence-corrected chi connectivity index (χ3v) is 4.66. The van der Waals surface area contributed by atoms with Crippen molar-refractivity contribution in [1.29, 1.82) is 0 Å². The van der Waals surface area contributed by atoms with Crippen LogP contribution in [0.3, 0.4) is 0 Å². The Labute approximate surface area is 186 Å². The number of ether oxygens (including phenoxy) is 1. The summed E-state index contributed by atoms with van der Waals surface area (Å²) in [5.41, 5.74) is 3.03. The van der Waals surface area contributed by atoms with E-state index < -0.39 is 0 Å². The second-order valence-electron chi connectivity index (χ2n) is 7.07. The zero-order chi connectivity index (χ0) is 22.9. The molecule has 0 amide bonds. The molecule has 0 aliphatic rings. The Bertz CT molecular complexity index is 1160. The highest BCUT2D eigenvalue weighted by atomic mass is 16.5. The lowest BCUT2D eigenvalue weighted by Crippen LogP contribution is -2.02. The normalized spacial score (nSPS) is 11.2. The standard InChI is InChI=1S/C27H24O5/c1-2-32-27-6-4-3-5-26(27)25-16-15-22(29)17-20(25)10-14-24(31)18-23(30)13-9-19-7-11-21(28)12-8-19/h3-17,28-29H,2,18H2,1H3. The molecule has 0 saturated carbocycles. The Kier molecular flexibility index (Phi) is 7.60. The lowest BCUT2D eigenvalue weighted by Gasteiger charge is -2.12. The summed E-state index contributed by atoms with van der Waals surface area (Å²) in [6.45, 7) is 2.42. The van der Waals surface area contributed by atoms with Crippen LogP contribution in [0.2, 0.25) is 0 Å². The van der Waals surface area contributed by atoms with Gasteiger partial charge in [-0.3, -0.25) is 9.59 Å². The third kappa shape index (κ3) is 6.19. The maximum Gasteiger partial charge on any atom is 0.163 e. The summed E-state index contributed by atoms with van der Waals surface area (Å²) in [4.78, 5) is 24.4. The Morgan fingerprint density at radius 1 is 0.812 bits per heavy atom. The van der Waals surface area contributed by atoms with Gasteiger partial charge >= 0.3 is 0 Å². The number of para-hydroxylation sites is 1. The smallest absolute Gasteiger partial charge is 0.163 e. The Balaban J connectivity index is 1.74. The van der Waals surface area contributed by atoms with E-state index in [1.165, 1.54) is 24.3 Å². The predicted octanol–water partition coefficient (Wildman–Crippen LogP) is 5.42. The van der Waals surface area contributed by atoms with Crippen LogP contribution in [-0.4, -0.2) is 28.4 Å². The number of rotatable bonds is 9. The first-order valence-corrected chi connectivity index (χ1v) is 10.2. The Morgan fingerprint density at radius 2 is 1.47 bits per heavy atom. The van der Waals surface area contributed by atoms with Gasteiger partial charge in [0, 0.05) is 5.56 Å². The minimum Gasteiger partial charge on any atom is -0.508 e. The molecular weight excluding hydrogens is 404 g/mol. The summed E-state index contributed by atoms with van der Waals surface area (Å²) >= 11 is 0. The fourth-order valence-corrected chi connectivity index (χ4v) is 3.15. The molecule has 0 spiro atoms. The first-order valence-electron chi connectivity index (χ1n) is 10.2. The highest BCUT2D eigenvalue weighted by molar-refractivity contribution is 6.11. The molecule has 162 valence electrons. The van der Waals surface area contributed by atoms with Crippen LogP contribution in [0.4, 0.5) is 0 Å². The molecule has 0 aliphatic heterocycles. The van der Waals surface area contributed by atoms with E-state index in [-0.39, 0.29) is 29.5 Å². The van der Waals surface area contributed by atoms with Crippen molar-refractivity contribution in [2.45, 2.75) is 13.3 Å². The third-order valence-electron chi connectivity index (χ3n) is 4.66. The predicted molar refractivity (Wildman–Crippen MR) is 126 cm³/mol. The van der Waals surface area contributed by atoms with Gasteiger partial charge in [-0.2, -0.15) is 0 Å². The van der Waals surface area contributed by atoms with Gasteiger partial charge in [0.25, 0.3) is 0 Å². The van der Waals surface area contributed by atoms with Crippen LogP contribution in [0.1, 0.15) is 24.5 Å². The fourth-order valence-electron chi connectivity index (χ4n) is 3.15. The summed E-state index contributed by atoms with van der Waals surface area (Å²) in [6, 6.07) is 18.8. The maximum atomic E-state index is 12.3. The maximum absolute atomic E-state index is 12.3. The lowest BCUT2D eigenvalue weighted by atomic mass is 9.97. The van der Waals surface area contributed by atoms with E-state index in [1.807, 2.05) is 31.2 Å². The molecule has 0 saturated heterocycles. The highest BCUT2D eigenvalue weighted by Gasteiger charge is 2.11. The molecule has 2 N–H and O–H groups in total. The van der Waals surface area contributed by atoms with Crippen LogP contribution >= 0.6 is 0 Å². The summed E-state index contributed by atoms with van der Waals surface area (Å²) in [7, 11) is 0. The van der Waals surface area contributed by atoms with Crippen LogP contribution < -0.4 is 4.74 Å². The average Bonchev–Trinajstić information content (AvgIpc) is 2.78. The number of carbonyl (C=O) groups is 2. The van der Waals surface area contributed by atoms with Gasteiger partial charge in [0.1, 0.15) is 17.2 Å². The number of aromatic hydroxyl groups is 2. The first-order chi connectivity index (χ1) is 15.5. The van der Waals surface area contributed by atoms with Crippen molar-refractivity contribution in [1.82, 2.24) is 0 Å². The Hall–Kier alpha value is -4.12. The molecule has 32 heavy (non-hydrogen) atoms. The first kappa shape index (κ1) is 22.6. The quantitative estimate of drug-likeness (QED) is 0.351. The molecule has 3 rings (SSSR count). The molecule has 5 nitrogen and oxygen atoms in total. The largest absolute Gasteiger partial charge is 0.508 e. The number of allylic oxidation sites excluding steroid dienone is 2. The highest BCUT2D eigenvalue weighted by Crippen LogP contribution is 2.34. The molecule has 0 fully saturated rings. The minimum atomic E-state index is -0.349. The average molecular weight is 428 g/mol. The van der Waals surface area contributed by atoms with Crippen molar-refractivity contribution < 1.29 is 24.5 Å². The summed E-state index contributed by atoms with van der Waals surface area (Å²) in [5, 5.41) is 19.2. The van der Waals surface area contributed by atoms with Gasteiger partial charge < -0.3 is 14.9 Å². The van der Waals surface area contributed by atoms with Crippen LogP contribution in [0.5, 0.6) is 17.2 Å². The SMILES string of the molecule is CCOc1ccccc1-c1ccc(O)cc1C=CC(=O)CC(=O)C=Cc1ccc(O)cc1. The van der Waals surface area contributed by atoms with Crippen molar-refractivity contribution in [2.75, 3.05) is 6.61 Å². The molecular formula is C27H24O5. The van der Waals surface area contributed by atoms with Crippen LogP contribution in [-0.2, 0) is 9.59 Å². The van der Waals surface area contributed by atoms with Gasteiger partial charge in [-0.05, 0) is 72.2 Å². The number of phenols is 2. The number of hydrogen-bond donors (Lipinski definition) is 2. The minimum absolute atomic E-state index is 0.0719. The summed E-state index contributed by atoms with van der Waals surface area (Å²) in [5.74, 6) is 0.242.